The lowest BCUT2D eigenvalue weighted by molar-refractivity contribution is -0.660. The van der Waals surface area contributed by atoms with Gasteiger partial charge >= 0.3 is 0 Å². The average molecular weight is 344 g/mol. The molecule has 1 aromatic heterocycles. The molecule has 0 atom stereocenters. The van der Waals surface area contributed by atoms with Crippen LogP contribution in [0, 0.1) is 6.92 Å². The maximum Gasteiger partial charge on any atom is 0.216 e. The summed E-state index contributed by atoms with van der Waals surface area (Å²) in [6.45, 7) is 6.54. The molecule has 2 nitrogen and oxygen atoms in total. The number of aryl methyl sites for hydroxylation is 3. The SMILES string of the molecule is Cc1ccc2c(c1-c1cc(-c3ccccc3)cc[n+]1C)OC(C)(C)CC2. The quantitative estimate of drug-likeness (QED) is 0.578. The molecule has 0 spiro atoms. The van der Waals surface area contributed by atoms with Crippen molar-refractivity contribution in [1.82, 2.24) is 0 Å². The van der Waals surface area contributed by atoms with Gasteiger partial charge in [-0.1, -0.05) is 42.5 Å². The summed E-state index contributed by atoms with van der Waals surface area (Å²) in [5.74, 6) is 1.06. The zero-order chi connectivity index (χ0) is 18.3. The maximum absolute atomic E-state index is 6.47. The van der Waals surface area contributed by atoms with Crippen molar-refractivity contribution >= 4 is 0 Å². The summed E-state index contributed by atoms with van der Waals surface area (Å²) in [6.07, 6.45) is 4.26. The smallest absolute Gasteiger partial charge is 0.216 e. The molecule has 2 aromatic carbocycles. The van der Waals surface area contributed by atoms with Gasteiger partial charge in [0, 0.05) is 12.1 Å². The topological polar surface area (TPSA) is 13.1 Å². The second kappa shape index (κ2) is 6.28. The lowest BCUT2D eigenvalue weighted by Gasteiger charge is -2.34. The van der Waals surface area contributed by atoms with Crippen LogP contribution in [0.3, 0.4) is 0 Å². The Morgan fingerprint density at radius 1 is 0.962 bits per heavy atom. The molecule has 0 N–H and O–H groups in total. The van der Waals surface area contributed by atoms with Crippen LogP contribution in [0.1, 0.15) is 31.4 Å². The van der Waals surface area contributed by atoms with E-state index < -0.39 is 0 Å². The zero-order valence-electron chi connectivity index (χ0n) is 16.0. The number of rotatable bonds is 2. The fourth-order valence-corrected chi connectivity index (χ4v) is 3.75. The van der Waals surface area contributed by atoms with Gasteiger partial charge in [-0.15, -0.1) is 0 Å². The number of pyridine rings is 1. The highest BCUT2D eigenvalue weighted by Gasteiger charge is 2.31. The van der Waals surface area contributed by atoms with Crippen LogP contribution in [0.15, 0.2) is 60.8 Å². The van der Waals surface area contributed by atoms with Gasteiger partial charge in [0.25, 0.3) is 0 Å². The predicted octanol–water partition coefficient (Wildman–Crippen LogP) is 5.26. The van der Waals surface area contributed by atoms with E-state index in [4.69, 9.17) is 4.74 Å². The molecule has 132 valence electrons. The molecule has 0 fully saturated rings. The molecular weight excluding hydrogens is 318 g/mol. The normalized spacial score (nSPS) is 15.2. The van der Waals surface area contributed by atoms with Crippen LogP contribution in [0.5, 0.6) is 5.75 Å². The fourth-order valence-electron chi connectivity index (χ4n) is 3.75. The van der Waals surface area contributed by atoms with Gasteiger partial charge in [-0.2, -0.15) is 0 Å². The molecule has 1 aliphatic rings. The van der Waals surface area contributed by atoms with Gasteiger partial charge in [0.05, 0.1) is 5.56 Å². The van der Waals surface area contributed by atoms with Gasteiger partial charge in [-0.05, 0) is 55.9 Å². The minimum absolute atomic E-state index is 0.120. The van der Waals surface area contributed by atoms with Gasteiger partial charge in [0.1, 0.15) is 18.4 Å². The molecule has 0 saturated carbocycles. The van der Waals surface area contributed by atoms with Gasteiger partial charge in [-0.3, -0.25) is 0 Å². The predicted molar refractivity (Wildman–Crippen MR) is 106 cm³/mol. The monoisotopic (exact) mass is 344 g/mol. The third-order valence-electron chi connectivity index (χ3n) is 5.34. The minimum Gasteiger partial charge on any atom is -0.487 e. The fraction of sp³-hybridized carbons (Fsp3) is 0.292. The lowest BCUT2D eigenvalue weighted by atomic mass is 9.89. The summed E-state index contributed by atoms with van der Waals surface area (Å²) in [5.41, 5.74) is 7.32. The first-order valence-corrected chi connectivity index (χ1v) is 9.32. The average Bonchev–Trinajstić information content (AvgIpc) is 2.63. The van der Waals surface area contributed by atoms with Gasteiger partial charge in [0.2, 0.25) is 5.69 Å². The molecule has 0 aliphatic carbocycles. The summed E-state index contributed by atoms with van der Waals surface area (Å²) in [4.78, 5) is 0. The van der Waals surface area contributed by atoms with E-state index in [0.717, 1.165) is 18.6 Å². The van der Waals surface area contributed by atoms with Crippen LogP contribution in [-0.2, 0) is 13.5 Å². The van der Waals surface area contributed by atoms with Crippen molar-refractivity contribution in [2.75, 3.05) is 0 Å². The molecule has 1 aliphatic heterocycles. The summed E-state index contributed by atoms with van der Waals surface area (Å²) in [5, 5.41) is 0. The molecule has 0 amide bonds. The number of nitrogens with zero attached hydrogens (tertiary/aromatic N) is 1. The van der Waals surface area contributed by atoms with Gasteiger partial charge < -0.3 is 4.74 Å². The van der Waals surface area contributed by atoms with Crippen LogP contribution >= 0.6 is 0 Å². The molecule has 0 unspecified atom stereocenters. The largest absolute Gasteiger partial charge is 0.487 e. The number of fused-ring (bicyclic) bond motifs is 1. The van der Waals surface area contributed by atoms with Crippen molar-refractivity contribution in [3.8, 4) is 28.1 Å². The minimum atomic E-state index is -0.120. The molecule has 2 heterocycles. The van der Waals surface area contributed by atoms with Crippen molar-refractivity contribution in [3.05, 3.63) is 71.9 Å². The van der Waals surface area contributed by atoms with Crippen LogP contribution in [0.25, 0.3) is 22.4 Å². The highest BCUT2D eigenvalue weighted by Crippen LogP contribution is 2.42. The van der Waals surface area contributed by atoms with E-state index in [1.807, 2.05) is 0 Å². The summed E-state index contributed by atoms with van der Waals surface area (Å²) >= 11 is 0. The molecule has 2 heteroatoms. The molecule has 3 aromatic rings. The Balaban J connectivity index is 1.91. The molecule has 4 rings (SSSR count). The van der Waals surface area contributed by atoms with Gasteiger partial charge in [-0.25, -0.2) is 4.57 Å². The first-order chi connectivity index (χ1) is 12.4. The van der Waals surface area contributed by atoms with Crippen molar-refractivity contribution < 1.29 is 9.30 Å². The second-order valence-electron chi connectivity index (χ2n) is 7.89. The highest BCUT2D eigenvalue weighted by molar-refractivity contribution is 5.75. The molecule has 0 bridgehead atoms. The Labute approximate surface area is 156 Å². The number of hydrogen-bond acceptors (Lipinski definition) is 1. The van der Waals surface area contributed by atoms with Crippen LogP contribution in [0.2, 0.25) is 0 Å². The van der Waals surface area contributed by atoms with E-state index in [1.165, 1.54) is 33.5 Å². The maximum atomic E-state index is 6.47. The second-order valence-corrected chi connectivity index (χ2v) is 7.89. The van der Waals surface area contributed by atoms with E-state index in [-0.39, 0.29) is 5.60 Å². The third kappa shape index (κ3) is 3.01. The summed E-state index contributed by atoms with van der Waals surface area (Å²) in [7, 11) is 2.11. The van der Waals surface area contributed by atoms with E-state index in [0.29, 0.717) is 0 Å². The van der Waals surface area contributed by atoms with E-state index in [2.05, 4.69) is 93.2 Å². The van der Waals surface area contributed by atoms with E-state index >= 15 is 0 Å². The van der Waals surface area contributed by atoms with Crippen molar-refractivity contribution in [1.29, 1.82) is 0 Å². The van der Waals surface area contributed by atoms with Crippen LogP contribution < -0.4 is 9.30 Å². The Morgan fingerprint density at radius 2 is 1.73 bits per heavy atom. The standard InChI is InChI=1S/C24H26NO/c1-17-10-11-19-12-14-24(2,3)26-23(19)22(17)21-16-20(13-15-25(21)4)18-8-6-5-7-9-18/h5-11,13,15-16H,12,14H2,1-4H3/q+1. The van der Waals surface area contributed by atoms with Crippen LogP contribution in [0.4, 0.5) is 0 Å². The molecule has 26 heavy (non-hydrogen) atoms. The van der Waals surface area contributed by atoms with Crippen LogP contribution in [-0.4, -0.2) is 5.60 Å². The van der Waals surface area contributed by atoms with Crippen molar-refractivity contribution in [2.45, 2.75) is 39.2 Å². The lowest BCUT2D eigenvalue weighted by Crippen LogP contribution is -2.35. The van der Waals surface area contributed by atoms with Gasteiger partial charge in [0.15, 0.2) is 6.20 Å². The van der Waals surface area contributed by atoms with E-state index in [1.54, 1.807) is 0 Å². The summed E-state index contributed by atoms with van der Waals surface area (Å²) < 4.78 is 8.67. The van der Waals surface area contributed by atoms with E-state index in [9.17, 15) is 0 Å². The zero-order valence-corrected chi connectivity index (χ0v) is 16.0. The molecule has 0 saturated heterocycles. The number of aromatic nitrogens is 1. The number of hydrogen-bond donors (Lipinski definition) is 0. The number of benzene rings is 2. The Kier molecular flexibility index (Phi) is 4.07. The molecule has 0 radical (unpaired) electrons. The first-order valence-electron chi connectivity index (χ1n) is 9.32. The Morgan fingerprint density at radius 3 is 2.50 bits per heavy atom. The Bertz CT molecular complexity index is 957. The number of ether oxygens (including phenoxy) is 1. The first kappa shape index (κ1) is 16.8. The summed E-state index contributed by atoms with van der Waals surface area (Å²) in [6, 6.07) is 19.5. The highest BCUT2D eigenvalue weighted by atomic mass is 16.5. The Hall–Kier alpha value is -2.61. The third-order valence-corrected chi connectivity index (χ3v) is 5.34. The van der Waals surface area contributed by atoms with Crippen molar-refractivity contribution in [3.63, 3.8) is 0 Å². The molecular formula is C24H26NO+. The van der Waals surface area contributed by atoms with Crippen molar-refractivity contribution in [2.24, 2.45) is 7.05 Å².